The van der Waals surface area contributed by atoms with Crippen molar-refractivity contribution < 1.29 is 0 Å². The molecule has 4 nitrogen and oxygen atoms in total. The van der Waals surface area contributed by atoms with Gasteiger partial charge in [-0.25, -0.2) is 0 Å². The topological polar surface area (TPSA) is 44.6 Å². The molecule has 15 heavy (non-hydrogen) atoms. The Balaban J connectivity index is 2.35. The number of nitrogens with zero attached hydrogens (tertiary/aromatic N) is 3. The molecule has 0 spiro atoms. The molecule has 0 saturated carbocycles. The van der Waals surface area contributed by atoms with E-state index in [1.807, 2.05) is 47.3 Å². The van der Waals surface area contributed by atoms with E-state index < -0.39 is 0 Å². The van der Waals surface area contributed by atoms with Crippen molar-refractivity contribution in [1.29, 1.82) is 0 Å². The summed E-state index contributed by atoms with van der Waals surface area (Å²) in [5.41, 5.74) is 3.02. The maximum atomic E-state index is 4.11. The van der Waals surface area contributed by atoms with Crippen LogP contribution in [-0.4, -0.2) is 15.2 Å². The molecule has 4 heteroatoms. The van der Waals surface area contributed by atoms with Gasteiger partial charge in [0, 0.05) is 24.4 Å². The first-order chi connectivity index (χ1) is 7.45. The van der Waals surface area contributed by atoms with Gasteiger partial charge in [-0.05, 0) is 11.2 Å². The number of aromatic nitrogens is 3. The molecular formula is C11H9N4+. The van der Waals surface area contributed by atoms with Gasteiger partial charge < -0.3 is 4.98 Å². The van der Waals surface area contributed by atoms with Crippen LogP contribution in [0, 0.1) is 0 Å². The van der Waals surface area contributed by atoms with E-state index in [9.17, 15) is 0 Å². The number of aromatic amines is 1. The zero-order valence-corrected chi connectivity index (χ0v) is 7.96. The second-order valence-electron chi connectivity index (χ2n) is 3.24. The maximum Gasteiger partial charge on any atom is 0.355 e. The third-order valence-corrected chi connectivity index (χ3v) is 2.32. The van der Waals surface area contributed by atoms with Crippen LogP contribution in [-0.2, 0) is 0 Å². The van der Waals surface area contributed by atoms with E-state index in [1.165, 1.54) is 0 Å². The van der Waals surface area contributed by atoms with Crippen LogP contribution >= 0.6 is 0 Å². The Hall–Kier alpha value is -2.23. The summed E-state index contributed by atoms with van der Waals surface area (Å²) in [7, 11) is 0. The van der Waals surface area contributed by atoms with E-state index in [0.717, 1.165) is 16.9 Å². The van der Waals surface area contributed by atoms with Gasteiger partial charge in [0.25, 0.3) is 0 Å². The van der Waals surface area contributed by atoms with Gasteiger partial charge in [-0.2, -0.15) is 4.58 Å². The van der Waals surface area contributed by atoms with Gasteiger partial charge in [0.05, 0.1) is 23.2 Å². The van der Waals surface area contributed by atoms with Gasteiger partial charge in [0.2, 0.25) is 0 Å². The summed E-state index contributed by atoms with van der Waals surface area (Å²) in [5.74, 6) is 0. The SMILES string of the molecule is C1=C[N+](=c2ccccnn2)c2cc[nH]c21. The molecule has 3 rings (SSSR count). The Kier molecular flexibility index (Phi) is 1.71. The number of rotatable bonds is 0. The van der Waals surface area contributed by atoms with Crippen molar-refractivity contribution in [2.24, 2.45) is 0 Å². The number of hydrogen-bond donors (Lipinski definition) is 1. The highest BCUT2D eigenvalue weighted by molar-refractivity contribution is 5.67. The van der Waals surface area contributed by atoms with E-state index in [0.29, 0.717) is 0 Å². The molecular weight excluding hydrogens is 188 g/mol. The fraction of sp³-hybridized carbons (Fsp3) is 0. The van der Waals surface area contributed by atoms with E-state index in [1.54, 1.807) is 6.20 Å². The van der Waals surface area contributed by atoms with E-state index >= 15 is 0 Å². The van der Waals surface area contributed by atoms with Gasteiger partial charge in [0.15, 0.2) is 5.69 Å². The Morgan fingerprint density at radius 3 is 3.20 bits per heavy atom. The van der Waals surface area contributed by atoms with Crippen LogP contribution in [0.4, 0.5) is 5.69 Å². The second kappa shape index (κ2) is 3.16. The molecule has 0 saturated heterocycles. The molecule has 0 aliphatic carbocycles. The fourth-order valence-corrected chi connectivity index (χ4v) is 1.63. The van der Waals surface area contributed by atoms with Crippen LogP contribution in [0.5, 0.6) is 0 Å². The highest BCUT2D eigenvalue weighted by Crippen LogP contribution is 2.22. The van der Waals surface area contributed by atoms with E-state index in [-0.39, 0.29) is 0 Å². The number of fused-ring (bicyclic) bond motifs is 1. The Bertz CT molecular complexity index is 573. The molecule has 3 heterocycles. The molecule has 1 aliphatic heterocycles. The third kappa shape index (κ3) is 1.27. The Labute approximate surface area is 86.3 Å². The maximum absolute atomic E-state index is 4.11. The molecule has 0 amide bonds. The lowest BCUT2D eigenvalue weighted by Gasteiger charge is -1.88. The minimum absolute atomic E-state index is 0.814. The summed E-state index contributed by atoms with van der Waals surface area (Å²) in [5, 5.41) is 8.03. The summed E-state index contributed by atoms with van der Waals surface area (Å²) in [6, 6.07) is 7.73. The van der Waals surface area contributed by atoms with Crippen LogP contribution in [0.15, 0.2) is 42.9 Å². The van der Waals surface area contributed by atoms with Crippen molar-refractivity contribution in [1.82, 2.24) is 19.8 Å². The zero-order valence-electron chi connectivity index (χ0n) is 7.96. The lowest BCUT2D eigenvalue weighted by Crippen LogP contribution is -2.21. The monoisotopic (exact) mass is 197 g/mol. The predicted molar refractivity (Wildman–Crippen MR) is 56.8 cm³/mol. The molecule has 1 aliphatic rings. The van der Waals surface area contributed by atoms with Crippen molar-refractivity contribution >= 4 is 11.8 Å². The first-order valence-corrected chi connectivity index (χ1v) is 4.71. The smallest absolute Gasteiger partial charge is 0.355 e. The standard InChI is InChI=1S/C11H9N4/c1-2-6-13-14-11(3-1)15-8-5-9-10(15)4-7-12-9/h1-8,12H/q+1. The average molecular weight is 197 g/mol. The van der Waals surface area contributed by atoms with Crippen molar-refractivity contribution in [2.45, 2.75) is 0 Å². The van der Waals surface area contributed by atoms with Crippen molar-refractivity contribution in [3.05, 3.63) is 54.0 Å². The first kappa shape index (κ1) is 8.11. The molecule has 0 radical (unpaired) electrons. The lowest BCUT2D eigenvalue weighted by molar-refractivity contribution is 0.871. The zero-order chi connectivity index (χ0) is 10.1. The van der Waals surface area contributed by atoms with Crippen LogP contribution in [0.3, 0.4) is 0 Å². The number of hydrogen-bond acceptors (Lipinski definition) is 2. The minimum atomic E-state index is 0.814. The molecule has 0 unspecified atom stereocenters. The quantitative estimate of drug-likeness (QED) is 0.637. The van der Waals surface area contributed by atoms with Crippen LogP contribution in [0.1, 0.15) is 5.69 Å². The minimum Gasteiger partial charge on any atom is -0.358 e. The summed E-state index contributed by atoms with van der Waals surface area (Å²) >= 11 is 0. The molecule has 2 aromatic rings. The van der Waals surface area contributed by atoms with Crippen molar-refractivity contribution in [3.8, 4) is 0 Å². The Morgan fingerprint density at radius 2 is 2.20 bits per heavy atom. The lowest BCUT2D eigenvalue weighted by atomic mass is 10.4. The van der Waals surface area contributed by atoms with Gasteiger partial charge in [0.1, 0.15) is 0 Å². The Morgan fingerprint density at radius 1 is 1.20 bits per heavy atom. The van der Waals surface area contributed by atoms with Gasteiger partial charge in [-0.3, -0.25) is 0 Å². The predicted octanol–water partition coefficient (Wildman–Crippen LogP) is 0.893. The summed E-state index contributed by atoms with van der Waals surface area (Å²) < 4.78 is 2.00. The molecule has 1 N–H and O–H groups in total. The van der Waals surface area contributed by atoms with Crippen LogP contribution in [0.2, 0.25) is 0 Å². The summed E-state index contributed by atoms with van der Waals surface area (Å²) in [6.07, 6.45) is 7.58. The molecule has 0 aromatic carbocycles. The summed E-state index contributed by atoms with van der Waals surface area (Å²) in [4.78, 5) is 3.15. The van der Waals surface area contributed by atoms with Crippen LogP contribution in [0.25, 0.3) is 6.08 Å². The molecule has 2 aromatic heterocycles. The van der Waals surface area contributed by atoms with E-state index in [4.69, 9.17) is 0 Å². The average Bonchev–Trinajstić information content (AvgIpc) is 2.74. The molecule has 0 bridgehead atoms. The van der Waals surface area contributed by atoms with Gasteiger partial charge >= 0.3 is 5.49 Å². The highest BCUT2D eigenvalue weighted by atomic mass is 15.2. The molecule has 0 fully saturated rings. The first-order valence-electron chi connectivity index (χ1n) is 4.71. The molecule has 72 valence electrons. The highest BCUT2D eigenvalue weighted by Gasteiger charge is 2.16. The summed E-state index contributed by atoms with van der Waals surface area (Å²) in [6.45, 7) is 0. The van der Waals surface area contributed by atoms with Crippen molar-refractivity contribution in [3.63, 3.8) is 0 Å². The molecule has 0 atom stereocenters. The fourth-order valence-electron chi connectivity index (χ4n) is 1.63. The largest absolute Gasteiger partial charge is 0.358 e. The third-order valence-electron chi connectivity index (χ3n) is 2.32. The van der Waals surface area contributed by atoms with Gasteiger partial charge in [-0.1, -0.05) is 6.07 Å². The van der Waals surface area contributed by atoms with Crippen LogP contribution < -0.4 is 10.1 Å². The number of H-pyrrole nitrogens is 1. The number of nitrogens with one attached hydrogen (secondary N) is 1. The van der Waals surface area contributed by atoms with Crippen molar-refractivity contribution in [2.75, 3.05) is 0 Å². The normalized spacial score (nSPS) is 16.5. The second-order valence-corrected chi connectivity index (χ2v) is 3.24. The van der Waals surface area contributed by atoms with Gasteiger partial charge in [-0.15, -0.1) is 0 Å². The van der Waals surface area contributed by atoms with E-state index in [2.05, 4.69) is 15.2 Å².